The fourth-order valence-corrected chi connectivity index (χ4v) is 2.10. The van der Waals surface area contributed by atoms with Gasteiger partial charge in [0, 0.05) is 6.07 Å². The van der Waals surface area contributed by atoms with Crippen LogP contribution in [0.4, 0.5) is 17.6 Å². The third kappa shape index (κ3) is 3.40. The highest BCUT2D eigenvalue weighted by molar-refractivity contribution is 5.31. The summed E-state index contributed by atoms with van der Waals surface area (Å²) in [4.78, 5) is 0. The number of rotatable bonds is 5. The second-order valence-electron chi connectivity index (χ2n) is 4.89. The minimum atomic E-state index is -3.88. The molecule has 22 heavy (non-hydrogen) atoms. The summed E-state index contributed by atoms with van der Waals surface area (Å²) in [6, 6.07) is 6.95. The molecule has 2 rings (SSSR count). The number of halogens is 4. The van der Waals surface area contributed by atoms with E-state index >= 15 is 0 Å². The van der Waals surface area contributed by atoms with Gasteiger partial charge < -0.3 is 4.74 Å². The summed E-state index contributed by atoms with van der Waals surface area (Å²) in [5.41, 5.74) is 0.134. The Morgan fingerprint density at radius 3 is 2.18 bits per heavy atom. The van der Waals surface area contributed by atoms with Crippen molar-refractivity contribution in [3.8, 4) is 5.75 Å². The van der Waals surface area contributed by atoms with E-state index in [4.69, 9.17) is 0 Å². The van der Waals surface area contributed by atoms with Gasteiger partial charge in [0.05, 0.1) is 5.56 Å². The molecule has 0 aliphatic heterocycles. The van der Waals surface area contributed by atoms with Gasteiger partial charge in [-0.15, -0.1) is 0 Å². The first-order chi connectivity index (χ1) is 10.4. The van der Waals surface area contributed by atoms with E-state index in [2.05, 4.69) is 4.74 Å². The van der Waals surface area contributed by atoms with Gasteiger partial charge in [0.15, 0.2) is 0 Å². The summed E-state index contributed by atoms with van der Waals surface area (Å²) < 4.78 is 60.1. The molecular formula is C17H16F4O. The van der Waals surface area contributed by atoms with Crippen molar-refractivity contribution in [2.24, 2.45) is 0 Å². The molecule has 2 aromatic rings. The zero-order chi connectivity index (χ0) is 16.3. The summed E-state index contributed by atoms with van der Waals surface area (Å²) in [6.45, 7) is 3.54. The fraction of sp³-hybridized carbons (Fsp3) is 0.294. The van der Waals surface area contributed by atoms with Crippen molar-refractivity contribution in [2.45, 2.75) is 32.8 Å². The number of hydrogen-bond acceptors (Lipinski definition) is 1. The van der Waals surface area contributed by atoms with Crippen molar-refractivity contribution in [1.29, 1.82) is 0 Å². The maximum atomic E-state index is 14.1. The molecule has 0 amide bonds. The molecule has 1 nitrogen and oxygen atoms in total. The van der Waals surface area contributed by atoms with E-state index in [1.54, 1.807) is 13.8 Å². The van der Waals surface area contributed by atoms with E-state index in [-0.39, 0.29) is 5.75 Å². The number of ether oxygens (including phenoxy) is 1. The van der Waals surface area contributed by atoms with Crippen LogP contribution in [0.5, 0.6) is 5.75 Å². The molecular weight excluding hydrogens is 296 g/mol. The highest BCUT2D eigenvalue weighted by Gasteiger charge is 2.37. The van der Waals surface area contributed by atoms with Crippen molar-refractivity contribution in [1.82, 2.24) is 0 Å². The van der Waals surface area contributed by atoms with Crippen LogP contribution in [0.15, 0.2) is 36.4 Å². The van der Waals surface area contributed by atoms with Crippen LogP contribution >= 0.6 is 0 Å². The van der Waals surface area contributed by atoms with Crippen molar-refractivity contribution >= 4 is 0 Å². The van der Waals surface area contributed by atoms with Gasteiger partial charge in [-0.05, 0) is 42.2 Å². The highest BCUT2D eigenvalue weighted by Crippen LogP contribution is 2.34. The normalized spacial score (nSPS) is 11.5. The lowest BCUT2D eigenvalue weighted by Gasteiger charge is -2.19. The summed E-state index contributed by atoms with van der Waals surface area (Å²) in [7, 11) is 0. The van der Waals surface area contributed by atoms with Gasteiger partial charge in [0.2, 0.25) is 0 Å². The maximum absolute atomic E-state index is 14.1. The lowest BCUT2D eigenvalue weighted by molar-refractivity contribution is -0.187. The monoisotopic (exact) mass is 312 g/mol. The van der Waals surface area contributed by atoms with Crippen LogP contribution < -0.4 is 4.74 Å². The first kappa shape index (κ1) is 16.3. The molecule has 0 aliphatic rings. The minimum absolute atomic E-state index is 0.348. The smallest absolute Gasteiger partial charge is 0.429 e. The van der Waals surface area contributed by atoms with E-state index in [0.29, 0.717) is 24.0 Å². The second-order valence-corrected chi connectivity index (χ2v) is 4.89. The lowest BCUT2D eigenvalue weighted by atomic mass is 10.1. The van der Waals surface area contributed by atoms with Gasteiger partial charge in [-0.2, -0.15) is 8.78 Å². The maximum Gasteiger partial charge on any atom is 0.429 e. The van der Waals surface area contributed by atoms with E-state index in [0.717, 1.165) is 18.2 Å². The van der Waals surface area contributed by atoms with Gasteiger partial charge >= 0.3 is 6.11 Å². The summed E-state index contributed by atoms with van der Waals surface area (Å²) >= 11 is 0. The molecule has 0 heterocycles. The van der Waals surface area contributed by atoms with Crippen molar-refractivity contribution in [2.75, 3.05) is 0 Å². The molecule has 2 aromatic carbocycles. The molecule has 118 valence electrons. The number of alkyl halides is 2. The zero-order valence-electron chi connectivity index (χ0n) is 12.3. The van der Waals surface area contributed by atoms with E-state index in [1.165, 1.54) is 18.2 Å². The Morgan fingerprint density at radius 1 is 0.909 bits per heavy atom. The highest BCUT2D eigenvalue weighted by atomic mass is 19.3. The topological polar surface area (TPSA) is 9.23 Å². The zero-order valence-corrected chi connectivity index (χ0v) is 12.3. The Hall–Kier alpha value is -2.04. The molecule has 0 aromatic heterocycles. The molecule has 0 fully saturated rings. The van der Waals surface area contributed by atoms with E-state index in [1.807, 2.05) is 0 Å². The number of hydrogen-bond donors (Lipinski definition) is 0. The minimum Gasteiger partial charge on any atom is -0.429 e. The molecule has 0 radical (unpaired) electrons. The quantitative estimate of drug-likeness (QED) is 0.688. The van der Waals surface area contributed by atoms with Crippen LogP contribution in [0.25, 0.3) is 0 Å². The summed E-state index contributed by atoms with van der Waals surface area (Å²) in [5.74, 6) is -2.02. The van der Waals surface area contributed by atoms with Crippen LogP contribution in [-0.4, -0.2) is 0 Å². The van der Waals surface area contributed by atoms with E-state index < -0.39 is 23.3 Å². The van der Waals surface area contributed by atoms with Crippen LogP contribution in [0.3, 0.4) is 0 Å². The molecule has 0 unspecified atom stereocenters. The van der Waals surface area contributed by atoms with Crippen LogP contribution in [0, 0.1) is 11.6 Å². The molecule has 0 atom stereocenters. The molecule has 0 N–H and O–H groups in total. The van der Waals surface area contributed by atoms with Crippen molar-refractivity contribution in [3.05, 3.63) is 64.7 Å². The molecule has 0 aliphatic carbocycles. The Morgan fingerprint density at radius 2 is 1.64 bits per heavy atom. The largest absolute Gasteiger partial charge is 0.429 e. The van der Waals surface area contributed by atoms with Crippen molar-refractivity contribution < 1.29 is 22.3 Å². The second kappa shape index (κ2) is 6.38. The summed E-state index contributed by atoms with van der Waals surface area (Å²) in [5, 5.41) is 0. The molecule has 0 bridgehead atoms. The fourth-order valence-electron chi connectivity index (χ4n) is 2.10. The van der Waals surface area contributed by atoms with Crippen LogP contribution in [0.2, 0.25) is 0 Å². The van der Waals surface area contributed by atoms with Crippen molar-refractivity contribution in [3.63, 3.8) is 0 Å². The van der Waals surface area contributed by atoms with Crippen LogP contribution in [-0.2, 0) is 19.0 Å². The average molecular weight is 312 g/mol. The number of benzene rings is 2. The molecule has 5 heteroatoms. The van der Waals surface area contributed by atoms with Gasteiger partial charge in [0.25, 0.3) is 0 Å². The number of aryl methyl sites for hydroxylation is 2. The molecule has 0 saturated heterocycles. The first-order valence-corrected chi connectivity index (χ1v) is 7.01. The lowest BCUT2D eigenvalue weighted by Crippen LogP contribution is -2.23. The Balaban J connectivity index is 2.29. The van der Waals surface area contributed by atoms with Gasteiger partial charge in [0.1, 0.15) is 17.4 Å². The molecule has 0 spiro atoms. The standard InChI is InChI=1S/C17H16F4O/c1-3-11-5-8-14(16(19)9-11)17(20,21)22-13-7-6-12(4-2)15(18)10-13/h5-10H,3-4H2,1-2H3. The van der Waals surface area contributed by atoms with Gasteiger partial charge in [-0.25, -0.2) is 8.78 Å². The predicted octanol–water partition coefficient (Wildman–Crippen LogP) is 5.22. The predicted molar refractivity (Wildman–Crippen MR) is 76.1 cm³/mol. The Labute approximate surface area is 126 Å². The first-order valence-electron chi connectivity index (χ1n) is 7.01. The Kier molecular flexibility index (Phi) is 4.74. The van der Waals surface area contributed by atoms with E-state index in [9.17, 15) is 17.6 Å². The third-order valence-corrected chi connectivity index (χ3v) is 3.41. The average Bonchev–Trinajstić information content (AvgIpc) is 2.46. The third-order valence-electron chi connectivity index (χ3n) is 3.41. The summed E-state index contributed by atoms with van der Waals surface area (Å²) in [6.07, 6.45) is -2.90. The van der Waals surface area contributed by atoms with Gasteiger partial charge in [-0.3, -0.25) is 0 Å². The SMILES string of the molecule is CCc1ccc(C(F)(F)Oc2ccc(CC)c(F)c2)c(F)c1. The van der Waals surface area contributed by atoms with Crippen LogP contribution in [0.1, 0.15) is 30.5 Å². The Bertz CT molecular complexity index is 668. The van der Waals surface area contributed by atoms with Gasteiger partial charge in [-0.1, -0.05) is 26.0 Å². The molecule has 0 saturated carbocycles.